The lowest BCUT2D eigenvalue weighted by Crippen LogP contribution is -2.41. The Kier molecular flexibility index (Phi) is 4.48. The van der Waals surface area contributed by atoms with Crippen LogP contribution in [-0.4, -0.2) is 6.09 Å². The fourth-order valence-electron chi connectivity index (χ4n) is 2.15. The number of nitrogens with one attached hydrogen (secondary N) is 1. The van der Waals surface area contributed by atoms with Crippen LogP contribution >= 0.6 is 0 Å². The Morgan fingerprint density at radius 3 is 2.38 bits per heavy atom. The first kappa shape index (κ1) is 14.9. The van der Waals surface area contributed by atoms with Crippen LogP contribution in [0.15, 0.2) is 54.6 Å². The van der Waals surface area contributed by atoms with Gasteiger partial charge in [-0.25, -0.2) is 4.79 Å². The molecule has 0 unspecified atom stereocenters. The fourth-order valence-corrected chi connectivity index (χ4v) is 2.15. The molecule has 0 heterocycles. The Balaban J connectivity index is 1.97. The molecule has 4 nitrogen and oxygen atoms in total. The molecule has 2 rings (SSSR count). The number of ether oxygens (including phenoxy) is 1. The maximum Gasteiger partial charge on any atom is 0.408 e. The molecule has 0 atom stereocenters. The molecule has 0 aliphatic carbocycles. The number of amides is 1. The number of hydrogen-bond acceptors (Lipinski definition) is 3. The number of anilines is 1. The summed E-state index contributed by atoms with van der Waals surface area (Å²) in [6.07, 6.45) is -0.466. The van der Waals surface area contributed by atoms with E-state index in [0.29, 0.717) is 5.69 Å². The highest BCUT2D eigenvalue weighted by atomic mass is 16.5. The maximum atomic E-state index is 11.9. The highest BCUT2D eigenvalue weighted by Crippen LogP contribution is 2.25. The molecule has 2 aromatic carbocycles. The molecule has 0 bridgehead atoms. The number of carbonyl (C=O) groups is 1. The largest absolute Gasteiger partial charge is 0.445 e. The summed E-state index contributed by atoms with van der Waals surface area (Å²) in [4.78, 5) is 11.9. The summed E-state index contributed by atoms with van der Waals surface area (Å²) in [6.45, 7) is 4.03. The number of nitrogens with two attached hydrogens (primary N) is 1. The van der Waals surface area contributed by atoms with Crippen molar-refractivity contribution in [3.8, 4) is 0 Å². The van der Waals surface area contributed by atoms with Crippen LogP contribution in [0.3, 0.4) is 0 Å². The molecule has 21 heavy (non-hydrogen) atoms. The predicted molar refractivity (Wildman–Crippen MR) is 83.6 cm³/mol. The third-order valence-electron chi connectivity index (χ3n) is 3.26. The van der Waals surface area contributed by atoms with Gasteiger partial charge >= 0.3 is 6.09 Å². The Labute approximate surface area is 124 Å². The molecule has 0 aliphatic rings. The van der Waals surface area contributed by atoms with Gasteiger partial charge in [0.2, 0.25) is 0 Å². The summed E-state index contributed by atoms with van der Waals surface area (Å²) in [5.41, 5.74) is 7.81. The molecule has 0 spiro atoms. The van der Waals surface area contributed by atoms with E-state index in [-0.39, 0.29) is 6.61 Å². The van der Waals surface area contributed by atoms with Crippen LogP contribution in [-0.2, 0) is 16.9 Å². The number of para-hydroxylation sites is 1. The zero-order valence-electron chi connectivity index (χ0n) is 12.3. The highest BCUT2D eigenvalue weighted by Gasteiger charge is 2.25. The van der Waals surface area contributed by atoms with Gasteiger partial charge in [-0.05, 0) is 31.0 Å². The van der Waals surface area contributed by atoms with Gasteiger partial charge in [-0.1, -0.05) is 48.5 Å². The van der Waals surface area contributed by atoms with Crippen molar-refractivity contribution >= 4 is 11.8 Å². The van der Waals surface area contributed by atoms with E-state index in [4.69, 9.17) is 10.5 Å². The molecular formula is C17H20N2O2. The first-order valence-electron chi connectivity index (χ1n) is 6.83. The van der Waals surface area contributed by atoms with E-state index in [1.54, 1.807) is 0 Å². The normalized spacial score (nSPS) is 11.0. The van der Waals surface area contributed by atoms with Gasteiger partial charge in [-0.3, -0.25) is 0 Å². The van der Waals surface area contributed by atoms with Crippen LogP contribution < -0.4 is 11.1 Å². The van der Waals surface area contributed by atoms with Crippen molar-refractivity contribution in [3.05, 3.63) is 65.7 Å². The van der Waals surface area contributed by atoms with Crippen LogP contribution in [0.25, 0.3) is 0 Å². The third-order valence-corrected chi connectivity index (χ3v) is 3.26. The van der Waals surface area contributed by atoms with E-state index in [1.807, 2.05) is 68.4 Å². The molecule has 3 N–H and O–H groups in total. The average Bonchev–Trinajstić information content (AvgIpc) is 2.46. The van der Waals surface area contributed by atoms with Crippen molar-refractivity contribution in [2.24, 2.45) is 0 Å². The molecule has 0 aliphatic heterocycles. The quantitative estimate of drug-likeness (QED) is 0.845. The maximum absolute atomic E-state index is 11.9. The Bertz CT molecular complexity index is 609. The average molecular weight is 284 g/mol. The van der Waals surface area contributed by atoms with Crippen molar-refractivity contribution in [2.75, 3.05) is 5.73 Å². The van der Waals surface area contributed by atoms with Crippen LogP contribution in [0.4, 0.5) is 10.5 Å². The Morgan fingerprint density at radius 2 is 1.71 bits per heavy atom. The number of nitrogen functional groups attached to an aromatic ring is 1. The summed E-state index contributed by atoms with van der Waals surface area (Å²) < 4.78 is 5.23. The van der Waals surface area contributed by atoms with Crippen LogP contribution in [0, 0.1) is 0 Å². The minimum absolute atomic E-state index is 0.243. The first-order valence-corrected chi connectivity index (χ1v) is 6.83. The number of hydrogen-bond donors (Lipinski definition) is 2. The van der Waals surface area contributed by atoms with Crippen LogP contribution in [0.2, 0.25) is 0 Å². The van der Waals surface area contributed by atoms with Gasteiger partial charge in [-0.15, -0.1) is 0 Å². The number of benzene rings is 2. The number of carbonyl (C=O) groups excluding carboxylic acids is 1. The summed E-state index contributed by atoms with van der Waals surface area (Å²) in [6, 6.07) is 17.0. The topological polar surface area (TPSA) is 64.3 Å². The van der Waals surface area contributed by atoms with Crippen molar-refractivity contribution in [2.45, 2.75) is 26.0 Å². The van der Waals surface area contributed by atoms with E-state index < -0.39 is 11.6 Å². The summed E-state index contributed by atoms with van der Waals surface area (Å²) >= 11 is 0. The Hall–Kier alpha value is -2.49. The SMILES string of the molecule is CC(C)(NC(=O)OCc1ccccc1)c1ccccc1N. The second kappa shape index (κ2) is 6.31. The van der Waals surface area contributed by atoms with Gasteiger partial charge < -0.3 is 15.8 Å². The second-order valence-corrected chi connectivity index (χ2v) is 5.40. The molecular weight excluding hydrogens is 264 g/mol. The standard InChI is InChI=1S/C17H20N2O2/c1-17(2,14-10-6-7-11-15(14)18)19-16(20)21-12-13-8-4-3-5-9-13/h3-11H,12,18H2,1-2H3,(H,19,20). The molecule has 0 fully saturated rings. The molecule has 2 aromatic rings. The highest BCUT2D eigenvalue weighted by molar-refractivity contribution is 5.69. The van der Waals surface area contributed by atoms with E-state index in [0.717, 1.165) is 11.1 Å². The van der Waals surface area contributed by atoms with Gasteiger partial charge in [0, 0.05) is 5.69 Å². The van der Waals surface area contributed by atoms with E-state index in [1.165, 1.54) is 0 Å². The van der Waals surface area contributed by atoms with Crippen LogP contribution in [0.5, 0.6) is 0 Å². The van der Waals surface area contributed by atoms with Crippen molar-refractivity contribution in [1.82, 2.24) is 5.32 Å². The van der Waals surface area contributed by atoms with Gasteiger partial charge in [0.25, 0.3) is 0 Å². The minimum Gasteiger partial charge on any atom is -0.445 e. The zero-order valence-corrected chi connectivity index (χ0v) is 12.3. The fraction of sp³-hybridized carbons (Fsp3) is 0.235. The second-order valence-electron chi connectivity index (χ2n) is 5.40. The lowest BCUT2D eigenvalue weighted by molar-refractivity contribution is 0.129. The van der Waals surface area contributed by atoms with Crippen molar-refractivity contribution in [3.63, 3.8) is 0 Å². The summed E-state index contributed by atoms with van der Waals surface area (Å²) in [7, 11) is 0. The summed E-state index contributed by atoms with van der Waals surface area (Å²) in [5, 5.41) is 2.84. The van der Waals surface area contributed by atoms with Gasteiger partial charge in [0.15, 0.2) is 0 Å². The van der Waals surface area contributed by atoms with E-state index in [2.05, 4.69) is 5.32 Å². The zero-order chi connectivity index (χ0) is 15.3. The predicted octanol–water partition coefficient (Wildman–Crippen LogP) is 3.43. The molecule has 0 radical (unpaired) electrons. The Morgan fingerprint density at radius 1 is 1.10 bits per heavy atom. The molecule has 0 aromatic heterocycles. The molecule has 1 amide bonds. The molecule has 110 valence electrons. The minimum atomic E-state index is -0.598. The van der Waals surface area contributed by atoms with Gasteiger partial charge in [0.1, 0.15) is 6.61 Å². The van der Waals surface area contributed by atoms with Gasteiger partial charge in [0.05, 0.1) is 5.54 Å². The smallest absolute Gasteiger partial charge is 0.408 e. The lowest BCUT2D eigenvalue weighted by atomic mass is 9.93. The monoisotopic (exact) mass is 284 g/mol. The molecule has 0 saturated carbocycles. The number of rotatable bonds is 4. The summed E-state index contributed by atoms with van der Waals surface area (Å²) in [5.74, 6) is 0. The van der Waals surface area contributed by atoms with Gasteiger partial charge in [-0.2, -0.15) is 0 Å². The van der Waals surface area contributed by atoms with Crippen molar-refractivity contribution < 1.29 is 9.53 Å². The third kappa shape index (κ3) is 3.99. The number of alkyl carbamates (subject to hydrolysis) is 1. The van der Waals surface area contributed by atoms with E-state index in [9.17, 15) is 4.79 Å². The lowest BCUT2D eigenvalue weighted by Gasteiger charge is -2.27. The van der Waals surface area contributed by atoms with Crippen LogP contribution in [0.1, 0.15) is 25.0 Å². The first-order chi connectivity index (χ1) is 9.99. The van der Waals surface area contributed by atoms with E-state index >= 15 is 0 Å². The van der Waals surface area contributed by atoms with Crippen molar-refractivity contribution in [1.29, 1.82) is 0 Å². The molecule has 0 saturated heterocycles. The molecule has 4 heteroatoms.